The standard InChI is InChI=1S/C35H39FN8O4/c1-25(2)43-24-38-44(34(43)45)30-10-8-28(9-11-30)41-16-18-42(19-17-41)29-12-14-31(15-13-29)46-21-32-22-47-35(48-32,20-33-39-37-23-40(33)3)26-4-6-27(36)7-5-26/h4-15,23-25,32H,16-22H2,1-3H3. The summed E-state index contributed by atoms with van der Waals surface area (Å²) in [5.74, 6) is -0.00878. The number of aromatic nitrogens is 6. The zero-order chi connectivity index (χ0) is 33.3. The minimum Gasteiger partial charge on any atom is -0.491 e. The average molecular weight is 655 g/mol. The first-order valence-electron chi connectivity index (χ1n) is 16.2. The maximum absolute atomic E-state index is 13.7. The molecule has 0 saturated carbocycles. The van der Waals surface area contributed by atoms with Crippen molar-refractivity contribution in [3.8, 4) is 11.4 Å². The Kier molecular flexibility index (Phi) is 8.71. The van der Waals surface area contributed by atoms with Gasteiger partial charge in [0.1, 0.15) is 42.8 Å². The number of benzene rings is 3. The summed E-state index contributed by atoms with van der Waals surface area (Å²) >= 11 is 0. The fraction of sp³-hybridized carbons (Fsp3) is 0.371. The zero-order valence-corrected chi connectivity index (χ0v) is 27.3. The number of aryl methyl sites for hydroxylation is 1. The Morgan fingerprint density at radius 3 is 2.10 bits per heavy atom. The van der Waals surface area contributed by atoms with Gasteiger partial charge < -0.3 is 28.6 Å². The van der Waals surface area contributed by atoms with Gasteiger partial charge in [-0.25, -0.2) is 9.18 Å². The molecule has 0 aliphatic carbocycles. The number of rotatable bonds is 10. The summed E-state index contributed by atoms with van der Waals surface area (Å²) < 4.78 is 37.4. The number of hydrogen-bond donors (Lipinski definition) is 0. The van der Waals surface area contributed by atoms with Gasteiger partial charge in [0.05, 0.1) is 18.7 Å². The summed E-state index contributed by atoms with van der Waals surface area (Å²) in [5, 5.41) is 12.5. The molecular weight excluding hydrogens is 615 g/mol. The second-order valence-electron chi connectivity index (χ2n) is 12.5. The van der Waals surface area contributed by atoms with E-state index in [1.807, 2.05) is 49.7 Å². The molecule has 2 aromatic heterocycles. The molecule has 3 aromatic carbocycles. The van der Waals surface area contributed by atoms with Crippen LogP contribution in [0.5, 0.6) is 5.75 Å². The molecule has 0 radical (unpaired) electrons. The zero-order valence-electron chi connectivity index (χ0n) is 27.3. The van der Waals surface area contributed by atoms with E-state index in [9.17, 15) is 9.18 Å². The van der Waals surface area contributed by atoms with Crippen LogP contribution in [-0.2, 0) is 28.7 Å². The van der Waals surface area contributed by atoms with Crippen LogP contribution in [0.1, 0.15) is 31.3 Å². The third-order valence-electron chi connectivity index (χ3n) is 8.97. The summed E-state index contributed by atoms with van der Waals surface area (Å²) in [6, 6.07) is 22.3. The molecule has 0 amide bonds. The monoisotopic (exact) mass is 654 g/mol. The Hall–Kier alpha value is -5.01. The van der Waals surface area contributed by atoms with Crippen LogP contribution in [0.2, 0.25) is 0 Å². The van der Waals surface area contributed by atoms with E-state index < -0.39 is 5.79 Å². The second kappa shape index (κ2) is 13.2. The van der Waals surface area contributed by atoms with Crippen LogP contribution in [0, 0.1) is 5.82 Å². The van der Waals surface area contributed by atoms with E-state index in [1.165, 1.54) is 16.8 Å². The molecule has 2 unspecified atom stereocenters. The van der Waals surface area contributed by atoms with Crippen molar-refractivity contribution in [3.63, 3.8) is 0 Å². The Morgan fingerprint density at radius 1 is 0.896 bits per heavy atom. The minimum absolute atomic E-state index is 0.0602. The minimum atomic E-state index is -1.12. The fourth-order valence-electron chi connectivity index (χ4n) is 6.19. The Morgan fingerprint density at radius 2 is 1.52 bits per heavy atom. The Bertz CT molecular complexity index is 1880. The van der Waals surface area contributed by atoms with E-state index in [0.29, 0.717) is 31.0 Å². The molecule has 2 aliphatic rings. The van der Waals surface area contributed by atoms with Gasteiger partial charge in [-0.05, 0) is 74.5 Å². The molecule has 250 valence electrons. The molecule has 48 heavy (non-hydrogen) atoms. The largest absolute Gasteiger partial charge is 0.491 e. The van der Waals surface area contributed by atoms with Gasteiger partial charge >= 0.3 is 5.69 Å². The lowest BCUT2D eigenvalue weighted by Gasteiger charge is -2.37. The molecule has 7 rings (SSSR count). The predicted octanol–water partition coefficient (Wildman–Crippen LogP) is 4.10. The molecule has 5 aromatic rings. The lowest BCUT2D eigenvalue weighted by molar-refractivity contribution is -0.179. The highest BCUT2D eigenvalue weighted by Crippen LogP contribution is 2.37. The van der Waals surface area contributed by atoms with Gasteiger partial charge in [0.15, 0.2) is 0 Å². The van der Waals surface area contributed by atoms with E-state index in [0.717, 1.165) is 49.0 Å². The maximum Gasteiger partial charge on any atom is 0.350 e. The van der Waals surface area contributed by atoms with Gasteiger partial charge in [-0.15, -0.1) is 10.2 Å². The van der Waals surface area contributed by atoms with Gasteiger partial charge in [0.25, 0.3) is 0 Å². The highest BCUT2D eigenvalue weighted by Gasteiger charge is 2.44. The highest BCUT2D eigenvalue weighted by atomic mass is 19.1. The summed E-state index contributed by atoms with van der Waals surface area (Å²) in [7, 11) is 1.86. The maximum atomic E-state index is 13.7. The number of ether oxygens (including phenoxy) is 3. The van der Waals surface area contributed by atoms with Crippen molar-refractivity contribution >= 4 is 11.4 Å². The lowest BCUT2D eigenvalue weighted by Crippen LogP contribution is -2.46. The normalized spacial score (nSPS) is 19.7. The molecule has 2 saturated heterocycles. The van der Waals surface area contributed by atoms with E-state index >= 15 is 0 Å². The molecule has 0 N–H and O–H groups in total. The van der Waals surface area contributed by atoms with Crippen LogP contribution < -0.4 is 20.2 Å². The molecule has 12 nitrogen and oxygen atoms in total. The molecular formula is C35H39FN8O4. The molecule has 2 atom stereocenters. The van der Waals surface area contributed by atoms with Gasteiger partial charge in [-0.3, -0.25) is 4.57 Å². The van der Waals surface area contributed by atoms with Crippen LogP contribution in [-0.4, -0.2) is 74.6 Å². The first kappa shape index (κ1) is 31.6. The second-order valence-corrected chi connectivity index (χ2v) is 12.5. The summed E-state index contributed by atoms with van der Waals surface area (Å²) in [4.78, 5) is 17.4. The van der Waals surface area contributed by atoms with Crippen molar-refractivity contribution in [2.75, 3.05) is 49.2 Å². The van der Waals surface area contributed by atoms with E-state index in [-0.39, 0.29) is 23.7 Å². The van der Waals surface area contributed by atoms with Gasteiger partial charge in [0.2, 0.25) is 5.79 Å². The smallest absolute Gasteiger partial charge is 0.350 e. The third kappa shape index (κ3) is 6.43. The topological polar surface area (TPSA) is 105 Å². The van der Waals surface area contributed by atoms with Gasteiger partial charge in [-0.1, -0.05) is 12.1 Å². The van der Waals surface area contributed by atoms with Crippen LogP contribution in [0.3, 0.4) is 0 Å². The summed E-state index contributed by atoms with van der Waals surface area (Å²) in [5.41, 5.74) is 3.59. The van der Waals surface area contributed by atoms with Crippen molar-refractivity contribution in [2.24, 2.45) is 7.05 Å². The number of halogens is 1. The summed E-state index contributed by atoms with van der Waals surface area (Å²) in [6.45, 7) is 8.06. The average Bonchev–Trinajstić information content (AvgIpc) is 3.83. The van der Waals surface area contributed by atoms with Crippen LogP contribution in [0.25, 0.3) is 5.69 Å². The number of piperazine rings is 1. The van der Waals surface area contributed by atoms with E-state index in [4.69, 9.17) is 14.2 Å². The van der Waals surface area contributed by atoms with Gasteiger partial charge in [0, 0.05) is 56.2 Å². The first-order chi connectivity index (χ1) is 23.3. The Labute approximate surface area is 277 Å². The molecule has 4 heterocycles. The number of anilines is 2. The van der Waals surface area contributed by atoms with Crippen molar-refractivity contribution in [1.82, 2.24) is 29.1 Å². The number of hydrogen-bond acceptors (Lipinski definition) is 9. The molecule has 2 aliphatic heterocycles. The van der Waals surface area contributed by atoms with Crippen LogP contribution in [0.15, 0.2) is 90.2 Å². The van der Waals surface area contributed by atoms with E-state index in [2.05, 4.69) is 49.4 Å². The third-order valence-corrected chi connectivity index (χ3v) is 8.97. The predicted molar refractivity (Wildman–Crippen MR) is 178 cm³/mol. The molecule has 2 fully saturated rings. The van der Waals surface area contributed by atoms with Crippen LogP contribution in [0.4, 0.5) is 15.8 Å². The highest BCUT2D eigenvalue weighted by molar-refractivity contribution is 5.54. The van der Waals surface area contributed by atoms with Crippen molar-refractivity contribution in [3.05, 3.63) is 113 Å². The molecule has 0 spiro atoms. The number of nitrogens with zero attached hydrogens (tertiary/aromatic N) is 8. The Balaban J connectivity index is 0.925. The molecule has 0 bridgehead atoms. The quantitative estimate of drug-likeness (QED) is 0.220. The fourth-order valence-corrected chi connectivity index (χ4v) is 6.19. The lowest BCUT2D eigenvalue weighted by atomic mass is 10.0. The van der Waals surface area contributed by atoms with Crippen molar-refractivity contribution in [2.45, 2.75) is 38.2 Å². The molecule has 13 heteroatoms. The van der Waals surface area contributed by atoms with Crippen molar-refractivity contribution in [1.29, 1.82) is 0 Å². The van der Waals surface area contributed by atoms with Crippen LogP contribution >= 0.6 is 0 Å². The first-order valence-corrected chi connectivity index (χ1v) is 16.2. The van der Waals surface area contributed by atoms with Crippen molar-refractivity contribution < 1.29 is 18.6 Å². The van der Waals surface area contributed by atoms with E-state index in [1.54, 1.807) is 29.4 Å². The van der Waals surface area contributed by atoms with Gasteiger partial charge in [-0.2, -0.15) is 9.78 Å². The SMILES string of the molecule is CC(C)n1cnn(-c2ccc(N3CCN(c4ccc(OCC5COC(Cc6nncn6C)(c6ccc(F)cc6)O5)cc4)CC3)cc2)c1=O. The summed E-state index contributed by atoms with van der Waals surface area (Å²) in [6.07, 6.45) is 3.21.